The Morgan fingerprint density at radius 1 is 0.100 bits per heavy atom. The zero-order valence-corrected chi connectivity index (χ0v) is 54.6. The summed E-state index contributed by atoms with van der Waals surface area (Å²) in [6.07, 6.45) is 0. The van der Waals surface area contributed by atoms with Gasteiger partial charge in [-0.1, -0.05) is 364 Å². The van der Waals surface area contributed by atoms with Crippen LogP contribution in [0.1, 0.15) is 0 Å². The van der Waals surface area contributed by atoms with Crippen molar-refractivity contribution in [2.24, 2.45) is 0 Å². The SMILES string of the molecule is c1ccc(-c2c3c(c(-c4ccccc4)c4ccccc24)-c2ccc(-c4ccc(-c5cccc6ccccc56)c5ccccc45)c4cccc-3c24)cc1.c1ccc(-c2c3c(c(-c4ccccc4)c4ccccc24)-c2ccc(-c4ccc5ccc6cccc7ccc4c5c67)c4cccc-3c24)cc1. The molecule has 0 N–H and O–H groups in total. The van der Waals surface area contributed by atoms with Gasteiger partial charge in [-0.25, -0.2) is 0 Å². The maximum atomic E-state index is 2.40. The number of fused-ring (bicyclic) bond motifs is 10. The first kappa shape index (κ1) is 56.2. The van der Waals surface area contributed by atoms with Gasteiger partial charge in [0.15, 0.2) is 0 Å². The monoisotopic (exact) mass is 1260 g/mol. The Bertz CT molecular complexity index is 6570. The first-order valence-electron chi connectivity index (χ1n) is 34.9. The summed E-state index contributed by atoms with van der Waals surface area (Å²) in [5.74, 6) is 0. The van der Waals surface area contributed by atoms with E-state index < -0.39 is 0 Å². The minimum Gasteiger partial charge on any atom is -0.0622 e. The van der Waals surface area contributed by atoms with E-state index in [0.29, 0.717) is 0 Å². The molecular weight excluding hydrogens is 1200 g/mol. The third-order valence-electron chi connectivity index (χ3n) is 22.0. The van der Waals surface area contributed by atoms with Gasteiger partial charge >= 0.3 is 0 Å². The third kappa shape index (κ3) is 8.29. The molecule has 0 heterocycles. The van der Waals surface area contributed by atoms with Crippen molar-refractivity contribution >= 4 is 97.0 Å². The van der Waals surface area contributed by atoms with Crippen LogP contribution in [-0.2, 0) is 0 Å². The smallest absolute Gasteiger partial charge is 0.000741 e. The van der Waals surface area contributed by atoms with E-state index in [1.165, 1.54) is 219 Å². The highest BCUT2D eigenvalue weighted by molar-refractivity contribution is 6.33. The lowest BCUT2D eigenvalue weighted by atomic mass is 9.82. The Labute approximate surface area is 579 Å². The molecule has 0 aliphatic heterocycles. The lowest BCUT2D eigenvalue weighted by molar-refractivity contribution is 1.62. The number of hydrogen-bond donors (Lipinski definition) is 0. The highest BCUT2D eigenvalue weighted by Crippen LogP contribution is 2.61. The Balaban J connectivity index is 0.000000131. The fourth-order valence-corrected chi connectivity index (χ4v) is 17.9. The van der Waals surface area contributed by atoms with E-state index in [1.807, 2.05) is 0 Å². The fourth-order valence-electron chi connectivity index (χ4n) is 17.9. The zero-order chi connectivity index (χ0) is 65.5. The van der Waals surface area contributed by atoms with Crippen LogP contribution in [-0.4, -0.2) is 0 Å². The average molecular weight is 1260 g/mol. The van der Waals surface area contributed by atoms with E-state index in [1.54, 1.807) is 0 Å². The van der Waals surface area contributed by atoms with Crippen LogP contribution >= 0.6 is 0 Å². The van der Waals surface area contributed by atoms with Gasteiger partial charge < -0.3 is 0 Å². The molecule has 0 nitrogen and oxygen atoms in total. The van der Waals surface area contributed by atoms with Crippen LogP contribution in [0.3, 0.4) is 0 Å². The second kappa shape index (κ2) is 22.3. The highest BCUT2D eigenvalue weighted by atomic mass is 14.4. The van der Waals surface area contributed by atoms with E-state index >= 15 is 0 Å². The van der Waals surface area contributed by atoms with Crippen LogP contribution in [0.4, 0.5) is 0 Å². The highest BCUT2D eigenvalue weighted by Gasteiger charge is 2.34. The van der Waals surface area contributed by atoms with Gasteiger partial charge in [0.05, 0.1) is 0 Å². The quantitative estimate of drug-likeness (QED) is 0.140. The fraction of sp³-hybridized carbons (Fsp3) is 0. The molecule has 0 atom stereocenters. The van der Waals surface area contributed by atoms with Gasteiger partial charge in [-0.05, 0) is 219 Å². The summed E-state index contributed by atoms with van der Waals surface area (Å²) in [7, 11) is 0. The van der Waals surface area contributed by atoms with Crippen molar-refractivity contribution in [1.29, 1.82) is 0 Å². The van der Waals surface area contributed by atoms with Gasteiger partial charge in [0.1, 0.15) is 0 Å². The lowest BCUT2D eigenvalue weighted by Crippen LogP contribution is -1.93. The van der Waals surface area contributed by atoms with E-state index in [-0.39, 0.29) is 0 Å². The van der Waals surface area contributed by atoms with Gasteiger partial charge in [0, 0.05) is 0 Å². The average Bonchev–Trinajstić information content (AvgIpc) is 1.51. The van der Waals surface area contributed by atoms with Gasteiger partial charge in [0.2, 0.25) is 0 Å². The van der Waals surface area contributed by atoms with Gasteiger partial charge in [-0.3, -0.25) is 0 Å². The molecule has 0 fully saturated rings. The van der Waals surface area contributed by atoms with Crippen LogP contribution in [0, 0.1) is 0 Å². The van der Waals surface area contributed by atoms with Crippen molar-refractivity contribution in [3.63, 3.8) is 0 Å². The first-order chi connectivity index (χ1) is 49.7. The summed E-state index contributed by atoms with van der Waals surface area (Å²) in [6, 6.07) is 135. The molecule has 0 radical (unpaired) electrons. The maximum Gasteiger partial charge on any atom is -0.000741 e. The molecule has 20 aromatic carbocycles. The molecule has 0 saturated carbocycles. The first-order valence-corrected chi connectivity index (χ1v) is 34.9. The molecule has 0 bridgehead atoms. The van der Waals surface area contributed by atoms with E-state index in [2.05, 4.69) is 364 Å². The van der Waals surface area contributed by atoms with Crippen LogP contribution in [0.5, 0.6) is 0 Å². The minimum absolute atomic E-state index is 1.25. The zero-order valence-electron chi connectivity index (χ0n) is 54.6. The van der Waals surface area contributed by atoms with Crippen molar-refractivity contribution in [2.45, 2.75) is 0 Å². The maximum absolute atomic E-state index is 2.40. The molecule has 0 spiro atoms. The standard InChI is InChI=1S/C52H32.C48H28/c1-3-16-34(17-4-1)48-44-24-11-12-25-45(44)49(35-18-5-2-6-19-35)52-47-32-31-42(43-27-14-28-46(50(43)47)51(48)52)41-30-29-40(38-22-9-10-23-39(38)41)37-26-13-20-33-15-7-8-21-36(33)37;1-3-11-29(12-4-1)44-37-17-7-8-18-38(37)45(30-13-5-2-6-14-30)48-41-28-27-35(36-19-10-20-40(46(36)41)47(44)48)34-25-23-33-22-21-31-15-9-16-32-24-26-39(34)43(33)42(31)32/h1-32H;1-28H. The van der Waals surface area contributed by atoms with Crippen molar-refractivity contribution in [3.8, 4) is 122 Å². The molecular formula is C100H60. The lowest BCUT2D eigenvalue weighted by Gasteiger charge is -2.20. The number of hydrogen-bond acceptors (Lipinski definition) is 0. The van der Waals surface area contributed by atoms with E-state index in [4.69, 9.17) is 0 Å². The summed E-state index contributed by atoms with van der Waals surface area (Å²) in [6.45, 7) is 0. The topological polar surface area (TPSA) is 0 Å². The Morgan fingerprint density at radius 2 is 0.340 bits per heavy atom. The van der Waals surface area contributed by atoms with Gasteiger partial charge in [-0.15, -0.1) is 0 Å². The predicted octanol–water partition coefficient (Wildman–Crippen LogP) is 28.2. The van der Waals surface area contributed by atoms with E-state index in [9.17, 15) is 0 Å². The van der Waals surface area contributed by atoms with Crippen molar-refractivity contribution < 1.29 is 0 Å². The summed E-state index contributed by atoms with van der Waals surface area (Å²) < 4.78 is 0. The second-order valence-electron chi connectivity index (χ2n) is 27.0. The van der Waals surface area contributed by atoms with Crippen LogP contribution in [0.15, 0.2) is 364 Å². The van der Waals surface area contributed by atoms with Crippen LogP contribution in [0.25, 0.3) is 219 Å². The Kier molecular flexibility index (Phi) is 12.5. The minimum atomic E-state index is 1.25. The molecule has 0 heteroatoms. The number of benzene rings is 20. The third-order valence-corrected chi connectivity index (χ3v) is 22.0. The normalized spacial score (nSPS) is 12.0. The van der Waals surface area contributed by atoms with Crippen molar-refractivity contribution in [3.05, 3.63) is 364 Å². The largest absolute Gasteiger partial charge is 0.0622 e. The predicted molar refractivity (Wildman–Crippen MR) is 429 cm³/mol. The Hall–Kier alpha value is -13.0. The van der Waals surface area contributed by atoms with Gasteiger partial charge in [-0.2, -0.15) is 0 Å². The summed E-state index contributed by atoms with van der Waals surface area (Å²) >= 11 is 0. The molecule has 460 valence electrons. The molecule has 0 aromatic heterocycles. The molecule has 0 saturated heterocycles. The molecule has 2 aliphatic rings. The molecule has 20 aromatic rings. The van der Waals surface area contributed by atoms with Crippen molar-refractivity contribution in [2.75, 3.05) is 0 Å². The molecule has 22 rings (SSSR count). The second-order valence-corrected chi connectivity index (χ2v) is 27.0. The molecule has 0 unspecified atom stereocenters. The summed E-state index contributed by atoms with van der Waals surface area (Å²) in [5.41, 5.74) is 28.5. The molecule has 100 heavy (non-hydrogen) atoms. The van der Waals surface area contributed by atoms with Crippen LogP contribution in [0.2, 0.25) is 0 Å². The molecule has 2 aliphatic carbocycles. The van der Waals surface area contributed by atoms with E-state index in [0.717, 1.165) is 0 Å². The molecule has 0 amide bonds. The van der Waals surface area contributed by atoms with Crippen LogP contribution < -0.4 is 0 Å². The summed E-state index contributed by atoms with van der Waals surface area (Å²) in [5, 5.41) is 23.4. The number of rotatable bonds is 7. The van der Waals surface area contributed by atoms with Crippen molar-refractivity contribution in [1.82, 2.24) is 0 Å². The van der Waals surface area contributed by atoms with Gasteiger partial charge in [0.25, 0.3) is 0 Å². The summed E-state index contributed by atoms with van der Waals surface area (Å²) in [4.78, 5) is 0. The Morgan fingerprint density at radius 3 is 0.770 bits per heavy atom.